The van der Waals surface area contributed by atoms with Crippen molar-refractivity contribution in [3.63, 3.8) is 0 Å². The van der Waals surface area contributed by atoms with Crippen LogP contribution < -0.4 is 16.0 Å². The second kappa shape index (κ2) is 9.08. The lowest BCUT2D eigenvalue weighted by atomic mass is 9.95. The standard InChI is InChI=1S/C18H27N3O2S/c1-12-4-6-15(7-5-12)20-17(22)11-24-14(3)18(23)21-16-8-9-19-10-13(16)2/h4-7,13-14,16,19H,8-11H2,1-3H3,(H,20,22)(H,21,23). The van der Waals surface area contributed by atoms with Crippen LogP contribution >= 0.6 is 11.8 Å². The zero-order valence-electron chi connectivity index (χ0n) is 14.6. The minimum atomic E-state index is -0.240. The summed E-state index contributed by atoms with van der Waals surface area (Å²) in [7, 11) is 0. The van der Waals surface area contributed by atoms with Gasteiger partial charge in [-0.1, -0.05) is 24.6 Å². The van der Waals surface area contributed by atoms with Crippen molar-refractivity contribution in [2.45, 2.75) is 38.5 Å². The number of hydrogen-bond acceptors (Lipinski definition) is 4. The molecule has 0 spiro atoms. The fourth-order valence-electron chi connectivity index (χ4n) is 2.64. The highest BCUT2D eigenvalue weighted by Gasteiger charge is 2.25. The van der Waals surface area contributed by atoms with Gasteiger partial charge >= 0.3 is 0 Å². The average Bonchev–Trinajstić information content (AvgIpc) is 2.56. The number of anilines is 1. The molecule has 1 fully saturated rings. The number of carbonyl (C=O) groups excluding carboxylic acids is 2. The smallest absolute Gasteiger partial charge is 0.234 e. The molecule has 3 atom stereocenters. The summed E-state index contributed by atoms with van der Waals surface area (Å²) in [6.07, 6.45) is 0.957. The van der Waals surface area contributed by atoms with Crippen molar-refractivity contribution < 1.29 is 9.59 Å². The normalized spacial score (nSPS) is 21.8. The van der Waals surface area contributed by atoms with Crippen LogP contribution in [0.25, 0.3) is 0 Å². The molecule has 0 aliphatic carbocycles. The highest BCUT2D eigenvalue weighted by molar-refractivity contribution is 8.01. The molecule has 1 aliphatic heterocycles. The molecule has 1 aliphatic rings. The summed E-state index contributed by atoms with van der Waals surface area (Å²) in [5, 5.41) is 9.05. The topological polar surface area (TPSA) is 70.2 Å². The molecule has 6 heteroatoms. The molecule has 2 rings (SSSR count). The van der Waals surface area contributed by atoms with Gasteiger partial charge in [0.2, 0.25) is 11.8 Å². The number of thioether (sulfide) groups is 1. The Bertz CT molecular complexity index is 562. The lowest BCUT2D eigenvalue weighted by molar-refractivity contribution is -0.121. The van der Waals surface area contributed by atoms with Crippen LogP contribution in [0.3, 0.4) is 0 Å². The molecule has 0 aromatic heterocycles. The van der Waals surface area contributed by atoms with Crippen LogP contribution in [-0.2, 0) is 9.59 Å². The Morgan fingerprint density at radius 1 is 1.33 bits per heavy atom. The zero-order chi connectivity index (χ0) is 17.5. The van der Waals surface area contributed by atoms with Crippen LogP contribution in [0.4, 0.5) is 5.69 Å². The lowest BCUT2D eigenvalue weighted by Gasteiger charge is -2.31. The van der Waals surface area contributed by atoms with E-state index in [1.54, 1.807) is 0 Å². The number of rotatable bonds is 6. The highest BCUT2D eigenvalue weighted by Crippen LogP contribution is 2.15. The van der Waals surface area contributed by atoms with Crippen molar-refractivity contribution in [2.24, 2.45) is 5.92 Å². The third-order valence-electron chi connectivity index (χ3n) is 4.28. The van der Waals surface area contributed by atoms with Gasteiger partial charge in [-0.3, -0.25) is 9.59 Å². The van der Waals surface area contributed by atoms with Crippen molar-refractivity contribution in [3.05, 3.63) is 29.8 Å². The van der Waals surface area contributed by atoms with Crippen LogP contribution in [0.2, 0.25) is 0 Å². The Morgan fingerprint density at radius 2 is 2.04 bits per heavy atom. The maximum absolute atomic E-state index is 12.3. The summed E-state index contributed by atoms with van der Waals surface area (Å²) in [5.74, 6) is 0.634. The number of benzene rings is 1. The van der Waals surface area contributed by atoms with E-state index in [1.807, 2.05) is 38.1 Å². The summed E-state index contributed by atoms with van der Waals surface area (Å²) in [5.41, 5.74) is 1.94. The summed E-state index contributed by atoms with van der Waals surface area (Å²) in [6, 6.07) is 7.90. The Labute approximate surface area is 148 Å². The molecular weight excluding hydrogens is 322 g/mol. The molecule has 0 bridgehead atoms. The average molecular weight is 350 g/mol. The van der Waals surface area contributed by atoms with Crippen LogP contribution in [-0.4, -0.2) is 41.9 Å². The zero-order valence-corrected chi connectivity index (χ0v) is 15.4. The molecule has 0 radical (unpaired) electrons. The van der Waals surface area contributed by atoms with E-state index in [0.717, 1.165) is 30.8 Å². The first kappa shape index (κ1) is 18.8. The molecule has 24 heavy (non-hydrogen) atoms. The van der Waals surface area contributed by atoms with Crippen LogP contribution in [0.5, 0.6) is 0 Å². The molecule has 1 heterocycles. The van der Waals surface area contributed by atoms with E-state index in [4.69, 9.17) is 0 Å². The molecule has 132 valence electrons. The first-order chi connectivity index (χ1) is 11.5. The minimum absolute atomic E-state index is 0.0156. The first-order valence-corrected chi connectivity index (χ1v) is 9.50. The van der Waals surface area contributed by atoms with E-state index in [-0.39, 0.29) is 28.9 Å². The summed E-state index contributed by atoms with van der Waals surface area (Å²) in [6.45, 7) is 7.88. The summed E-state index contributed by atoms with van der Waals surface area (Å²) >= 11 is 1.37. The lowest BCUT2D eigenvalue weighted by Crippen LogP contribution is -2.50. The molecule has 1 aromatic carbocycles. The SMILES string of the molecule is Cc1ccc(NC(=O)CSC(C)C(=O)NC2CCNCC2C)cc1. The van der Waals surface area contributed by atoms with E-state index >= 15 is 0 Å². The number of nitrogens with one attached hydrogen (secondary N) is 3. The third-order valence-corrected chi connectivity index (χ3v) is 5.42. The summed E-state index contributed by atoms with van der Waals surface area (Å²) in [4.78, 5) is 24.3. The maximum atomic E-state index is 12.3. The number of carbonyl (C=O) groups is 2. The predicted molar refractivity (Wildman–Crippen MR) is 100 cm³/mol. The quantitative estimate of drug-likeness (QED) is 0.736. The molecule has 3 unspecified atom stereocenters. The fourth-order valence-corrected chi connectivity index (χ4v) is 3.33. The second-order valence-electron chi connectivity index (χ2n) is 6.45. The van der Waals surface area contributed by atoms with Gasteiger partial charge in [-0.2, -0.15) is 0 Å². The van der Waals surface area contributed by atoms with Gasteiger partial charge in [0.05, 0.1) is 11.0 Å². The Kier molecular flexibility index (Phi) is 7.12. The van der Waals surface area contributed by atoms with Crippen molar-refractivity contribution in [1.29, 1.82) is 0 Å². The molecule has 5 nitrogen and oxygen atoms in total. The predicted octanol–water partition coefficient (Wildman–Crippen LogP) is 2.17. The molecule has 3 N–H and O–H groups in total. The van der Waals surface area contributed by atoms with Crippen LogP contribution in [0, 0.1) is 12.8 Å². The van der Waals surface area contributed by atoms with E-state index in [0.29, 0.717) is 5.92 Å². The molecular formula is C18H27N3O2S. The van der Waals surface area contributed by atoms with Crippen LogP contribution in [0.15, 0.2) is 24.3 Å². The van der Waals surface area contributed by atoms with Crippen molar-refractivity contribution in [3.8, 4) is 0 Å². The molecule has 0 saturated carbocycles. The van der Waals surface area contributed by atoms with E-state index in [1.165, 1.54) is 11.8 Å². The van der Waals surface area contributed by atoms with Gasteiger partial charge in [0, 0.05) is 11.7 Å². The monoisotopic (exact) mass is 349 g/mol. The van der Waals surface area contributed by atoms with E-state index in [2.05, 4.69) is 22.9 Å². The molecule has 1 aromatic rings. The molecule has 2 amide bonds. The maximum Gasteiger partial charge on any atom is 0.234 e. The number of piperidine rings is 1. The van der Waals surface area contributed by atoms with Gasteiger partial charge < -0.3 is 16.0 Å². The number of aryl methyl sites for hydroxylation is 1. The van der Waals surface area contributed by atoms with Gasteiger partial charge in [0.15, 0.2) is 0 Å². The van der Waals surface area contributed by atoms with Gasteiger partial charge in [0.1, 0.15) is 0 Å². The Hall–Kier alpha value is -1.53. The number of amides is 2. The second-order valence-corrected chi connectivity index (χ2v) is 7.78. The number of hydrogen-bond donors (Lipinski definition) is 3. The van der Waals surface area contributed by atoms with Gasteiger partial charge in [-0.25, -0.2) is 0 Å². The largest absolute Gasteiger partial charge is 0.352 e. The van der Waals surface area contributed by atoms with Gasteiger partial charge in [-0.15, -0.1) is 11.8 Å². The van der Waals surface area contributed by atoms with Crippen LogP contribution in [0.1, 0.15) is 25.8 Å². The first-order valence-electron chi connectivity index (χ1n) is 8.45. The van der Waals surface area contributed by atoms with Crippen molar-refractivity contribution in [2.75, 3.05) is 24.2 Å². The van der Waals surface area contributed by atoms with Crippen molar-refractivity contribution >= 4 is 29.3 Å². The Morgan fingerprint density at radius 3 is 2.71 bits per heavy atom. The Balaban J connectivity index is 1.73. The fraction of sp³-hybridized carbons (Fsp3) is 0.556. The van der Waals surface area contributed by atoms with E-state index < -0.39 is 0 Å². The minimum Gasteiger partial charge on any atom is -0.352 e. The van der Waals surface area contributed by atoms with Gasteiger partial charge in [0.25, 0.3) is 0 Å². The molecule has 1 saturated heterocycles. The third kappa shape index (κ3) is 5.83. The van der Waals surface area contributed by atoms with Crippen molar-refractivity contribution in [1.82, 2.24) is 10.6 Å². The van der Waals surface area contributed by atoms with E-state index in [9.17, 15) is 9.59 Å². The van der Waals surface area contributed by atoms with Gasteiger partial charge in [-0.05, 0) is 51.4 Å². The highest BCUT2D eigenvalue weighted by atomic mass is 32.2. The summed E-state index contributed by atoms with van der Waals surface area (Å²) < 4.78 is 0.